The van der Waals surface area contributed by atoms with Gasteiger partial charge in [0.25, 0.3) is 5.91 Å². The van der Waals surface area contributed by atoms with Gasteiger partial charge in [-0.15, -0.1) is 0 Å². The van der Waals surface area contributed by atoms with E-state index in [1.165, 1.54) is 0 Å². The molecular formula is C12H19N3O2. The molecule has 0 fully saturated rings. The van der Waals surface area contributed by atoms with Crippen LogP contribution in [0.15, 0.2) is 6.07 Å². The quantitative estimate of drug-likeness (QED) is 0.814. The van der Waals surface area contributed by atoms with Crippen molar-refractivity contribution in [3.05, 3.63) is 23.0 Å². The van der Waals surface area contributed by atoms with Crippen molar-refractivity contribution in [2.45, 2.75) is 46.6 Å². The van der Waals surface area contributed by atoms with Crippen molar-refractivity contribution in [2.24, 2.45) is 0 Å². The van der Waals surface area contributed by atoms with Crippen LogP contribution in [0.2, 0.25) is 0 Å². The molecule has 0 aliphatic heterocycles. The minimum absolute atomic E-state index is 0.283. The predicted octanol–water partition coefficient (Wildman–Crippen LogP) is 1.81. The van der Waals surface area contributed by atoms with Gasteiger partial charge in [-0.1, -0.05) is 6.92 Å². The van der Waals surface area contributed by atoms with Crippen LogP contribution < -0.4 is 5.48 Å². The van der Waals surface area contributed by atoms with E-state index in [9.17, 15) is 4.79 Å². The topological polar surface area (TPSA) is 64.1 Å². The van der Waals surface area contributed by atoms with Gasteiger partial charge in [0, 0.05) is 0 Å². The van der Waals surface area contributed by atoms with Gasteiger partial charge in [-0.2, -0.15) is 10.2 Å². The Labute approximate surface area is 102 Å². The average molecular weight is 237 g/mol. The van der Waals surface area contributed by atoms with E-state index < -0.39 is 5.60 Å². The number of carbonyl (C=O) groups is 1. The second-order valence-electron chi connectivity index (χ2n) is 4.85. The van der Waals surface area contributed by atoms with Gasteiger partial charge in [-0.3, -0.25) is 9.63 Å². The molecule has 1 N–H and O–H groups in total. The molecular weight excluding hydrogens is 218 g/mol. The molecule has 0 spiro atoms. The van der Waals surface area contributed by atoms with Gasteiger partial charge in [0.1, 0.15) is 0 Å². The third kappa shape index (κ3) is 4.11. The molecule has 0 saturated heterocycles. The van der Waals surface area contributed by atoms with E-state index in [0.717, 1.165) is 0 Å². The number of hydroxylamine groups is 1. The summed E-state index contributed by atoms with van der Waals surface area (Å²) in [5.74, 6) is -0.283. The van der Waals surface area contributed by atoms with E-state index in [0.29, 0.717) is 23.4 Å². The highest BCUT2D eigenvalue weighted by Gasteiger charge is 2.17. The molecule has 0 radical (unpaired) electrons. The second kappa shape index (κ2) is 5.23. The second-order valence-corrected chi connectivity index (χ2v) is 4.85. The Bertz CT molecular complexity index is 411. The van der Waals surface area contributed by atoms with Crippen LogP contribution in [0.25, 0.3) is 0 Å². The van der Waals surface area contributed by atoms with Crippen LogP contribution in [0.4, 0.5) is 0 Å². The van der Waals surface area contributed by atoms with Crippen molar-refractivity contribution >= 4 is 5.91 Å². The van der Waals surface area contributed by atoms with E-state index in [1.54, 1.807) is 13.0 Å². The molecule has 1 aromatic rings. The third-order valence-corrected chi connectivity index (χ3v) is 2.02. The van der Waals surface area contributed by atoms with Crippen molar-refractivity contribution in [1.82, 2.24) is 15.7 Å². The number of carbonyl (C=O) groups excluding carboxylic acids is 1. The fourth-order valence-corrected chi connectivity index (χ4v) is 1.23. The van der Waals surface area contributed by atoms with E-state index in [-0.39, 0.29) is 5.91 Å². The Morgan fingerprint density at radius 1 is 1.41 bits per heavy atom. The minimum Gasteiger partial charge on any atom is -0.268 e. The monoisotopic (exact) mass is 237 g/mol. The minimum atomic E-state index is -0.419. The van der Waals surface area contributed by atoms with Crippen molar-refractivity contribution in [3.8, 4) is 0 Å². The number of nitrogens with zero attached hydrogens (tertiary/aromatic N) is 2. The van der Waals surface area contributed by atoms with Crippen molar-refractivity contribution in [3.63, 3.8) is 0 Å². The maximum atomic E-state index is 11.9. The summed E-state index contributed by atoms with van der Waals surface area (Å²) in [5, 5.41) is 7.93. The molecule has 0 aliphatic carbocycles. The van der Waals surface area contributed by atoms with Gasteiger partial charge in [0.2, 0.25) is 0 Å². The Balaban J connectivity index is 2.84. The highest BCUT2D eigenvalue weighted by atomic mass is 16.7. The van der Waals surface area contributed by atoms with Crippen LogP contribution in [0.3, 0.4) is 0 Å². The Morgan fingerprint density at radius 2 is 2.06 bits per heavy atom. The summed E-state index contributed by atoms with van der Waals surface area (Å²) in [4.78, 5) is 17.2. The lowest BCUT2D eigenvalue weighted by Crippen LogP contribution is -2.34. The molecule has 0 aromatic carbocycles. The highest BCUT2D eigenvalue weighted by molar-refractivity contribution is 5.94. The number of hydrogen-bond acceptors (Lipinski definition) is 4. The van der Waals surface area contributed by atoms with Gasteiger partial charge in [0.15, 0.2) is 0 Å². The summed E-state index contributed by atoms with van der Waals surface area (Å²) in [7, 11) is 0. The maximum Gasteiger partial charge on any atom is 0.276 e. The van der Waals surface area contributed by atoms with Crippen molar-refractivity contribution in [2.75, 3.05) is 0 Å². The van der Waals surface area contributed by atoms with Gasteiger partial charge >= 0.3 is 0 Å². The molecule has 0 saturated carbocycles. The first-order chi connectivity index (χ1) is 7.83. The number of aryl methyl sites for hydroxylation is 2. The Kier molecular flexibility index (Phi) is 4.17. The van der Waals surface area contributed by atoms with Crippen LogP contribution in [0.5, 0.6) is 0 Å². The zero-order chi connectivity index (χ0) is 13.1. The molecule has 0 bridgehead atoms. The summed E-state index contributed by atoms with van der Waals surface area (Å²) in [6.45, 7) is 9.33. The third-order valence-electron chi connectivity index (χ3n) is 2.02. The summed E-state index contributed by atoms with van der Waals surface area (Å²) in [6.07, 6.45) is 0.658. The molecule has 1 aromatic heterocycles. The summed E-state index contributed by atoms with van der Waals surface area (Å²) >= 11 is 0. The molecule has 17 heavy (non-hydrogen) atoms. The maximum absolute atomic E-state index is 11.9. The summed E-state index contributed by atoms with van der Waals surface area (Å²) in [6, 6.07) is 1.72. The highest BCUT2D eigenvalue weighted by Crippen LogP contribution is 2.09. The normalized spacial score (nSPS) is 11.4. The van der Waals surface area contributed by atoms with E-state index in [1.807, 2.05) is 27.7 Å². The van der Waals surface area contributed by atoms with Crippen molar-refractivity contribution < 1.29 is 9.63 Å². The molecule has 5 heteroatoms. The smallest absolute Gasteiger partial charge is 0.268 e. The first-order valence-corrected chi connectivity index (χ1v) is 5.65. The van der Waals surface area contributed by atoms with Crippen LogP contribution in [0, 0.1) is 6.92 Å². The standard InChI is InChI=1S/C12H19N3O2/c1-6-10-9(7-8(2)13-14-10)11(16)15-17-12(3,4)5/h7H,6H2,1-5H3,(H,15,16). The van der Waals surface area contributed by atoms with E-state index in [2.05, 4.69) is 15.7 Å². The van der Waals surface area contributed by atoms with Crippen molar-refractivity contribution in [1.29, 1.82) is 0 Å². The molecule has 1 rings (SSSR count). The van der Waals surface area contributed by atoms with Crippen LogP contribution >= 0.6 is 0 Å². The molecule has 0 atom stereocenters. The van der Waals surface area contributed by atoms with Gasteiger partial charge in [0.05, 0.1) is 22.6 Å². The first kappa shape index (κ1) is 13.6. The molecule has 0 aliphatic rings. The lowest BCUT2D eigenvalue weighted by atomic mass is 10.1. The number of aromatic nitrogens is 2. The zero-order valence-electron chi connectivity index (χ0n) is 11.0. The van der Waals surface area contributed by atoms with Crippen LogP contribution in [0.1, 0.15) is 49.4 Å². The fourth-order valence-electron chi connectivity index (χ4n) is 1.23. The lowest BCUT2D eigenvalue weighted by molar-refractivity contribution is -0.0590. The predicted molar refractivity (Wildman–Crippen MR) is 64.5 cm³/mol. The zero-order valence-corrected chi connectivity index (χ0v) is 11.0. The van der Waals surface area contributed by atoms with E-state index >= 15 is 0 Å². The Hall–Kier alpha value is -1.49. The lowest BCUT2D eigenvalue weighted by Gasteiger charge is -2.19. The van der Waals surface area contributed by atoms with Crippen LogP contribution in [-0.2, 0) is 11.3 Å². The number of amides is 1. The van der Waals surface area contributed by atoms with Gasteiger partial charge in [-0.25, -0.2) is 5.48 Å². The summed E-state index contributed by atoms with van der Waals surface area (Å²) < 4.78 is 0. The average Bonchev–Trinajstić information content (AvgIpc) is 2.25. The van der Waals surface area contributed by atoms with E-state index in [4.69, 9.17) is 4.84 Å². The van der Waals surface area contributed by atoms with Gasteiger partial charge < -0.3 is 0 Å². The molecule has 1 amide bonds. The first-order valence-electron chi connectivity index (χ1n) is 5.65. The SMILES string of the molecule is CCc1nnc(C)cc1C(=O)NOC(C)(C)C. The Morgan fingerprint density at radius 3 is 2.59 bits per heavy atom. The molecule has 0 unspecified atom stereocenters. The number of rotatable bonds is 3. The molecule has 94 valence electrons. The number of hydrogen-bond donors (Lipinski definition) is 1. The fraction of sp³-hybridized carbons (Fsp3) is 0.583. The van der Waals surface area contributed by atoms with Crippen LogP contribution in [-0.4, -0.2) is 21.7 Å². The number of nitrogens with one attached hydrogen (secondary N) is 1. The molecule has 5 nitrogen and oxygen atoms in total. The largest absolute Gasteiger partial charge is 0.276 e. The van der Waals surface area contributed by atoms with Gasteiger partial charge in [-0.05, 0) is 40.2 Å². The summed E-state index contributed by atoms with van der Waals surface area (Å²) in [5.41, 5.74) is 3.92. The molecule has 1 heterocycles.